The summed E-state index contributed by atoms with van der Waals surface area (Å²) in [4.78, 5) is 28.4. The van der Waals surface area contributed by atoms with Gasteiger partial charge in [0.1, 0.15) is 12.6 Å². The molecule has 3 aromatic carbocycles. The van der Waals surface area contributed by atoms with Crippen LogP contribution in [0.2, 0.25) is 5.02 Å². The molecule has 0 aliphatic heterocycles. The zero-order valence-corrected chi connectivity index (χ0v) is 23.0. The van der Waals surface area contributed by atoms with Crippen LogP contribution in [0.4, 0.5) is 5.69 Å². The van der Waals surface area contributed by atoms with Crippen molar-refractivity contribution in [2.75, 3.05) is 24.2 Å². The number of hydrogen-bond acceptors (Lipinski definition) is 4. The van der Waals surface area contributed by atoms with Crippen LogP contribution in [0.5, 0.6) is 0 Å². The first kappa shape index (κ1) is 28.2. The maximum absolute atomic E-state index is 13.9. The Kier molecular flexibility index (Phi) is 9.34. The van der Waals surface area contributed by atoms with E-state index in [9.17, 15) is 18.0 Å². The van der Waals surface area contributed by atoms with E-state index in [0.717, 1.165) is 27.3 Å². The second kappa shape index (κ2) is 12.3. The van der Waals surface area contributed by atoms with Crippen LogP contribution in [0.1, 0.15) is 22.3 Å². The topological polar surface area (TPSA) is 86.8 Å². The third kappa shape index (κ3) is 7.33. The molecule has 0 spiro atoms. The van der Waals surface area contributed by atoms with E-state index in [1.165, 1.54) is 11.9 Å². The summed E-state index contributed by atoms with van der Waals surface area (Å²) in [6.07, 6.45) is 1.31. The lowest BCUT2D eigenvalue weighted by Crippen LogP contribution is -2.52. The van der Waals surface area contributed by atoms with Gasteiger partial charge >= 0.3 is 0 Å². The number of likely N-dealkylation sites (N-methyl/N-ethyl adjacent to an activating group) is 1. The fourth-order valence-electron chi connectivity index (χ4n) is 4.03. The number of hydrogen-bond donors (Lipinski definition) is 1. The van der Waals surface area contributed by atoms with Gasteiger partial charge in [0.25, 0.3) is 0 Å². The monoisotopic (exact) mass is 541 g/mol. The Balaban J connectivity index is 2.05. The molecule has 0 saturated carbocycles. The van der Waals surface area contributed by atoms with Gasteiger partial charge in [-0.1, -0.05) is 66.2 Å². The van der Waals surface area contributed by atoms with Gasteiger partial charge < -0.3 is 10.2 Å². The summed E-state index contributed by atoms with van der Waals surface area (Å²) in [6, 6.07) is 20.8. The Morgan fingerprint density at radius 3 is 2.19 bits per heavy atom. The van der Waals surface area contributed by atoms with Gasteiger partial charge in [-0.05, 0) is 54.3 Å². The number of amides is 2. The molecule has 0 aliphatic rings. The summed E-state index contributed by atoms with van der Waals surface area (Å²) in [5.74, 6) is -0.880. The molecule has 37 heavy (non-hydrogen) atoms. The smallest absolute Gasteiger partial charge is 0.244 e. The molecular formula is C28H32ClN3O4S. The Labute approximate surface area is 224 Å². The summed E-state index contributed by atoms with van der Waals surface area (Å²) in [6.45, 7) is 3.38. The number of nitrogens with zero attached hydrogens (tertiary/aromatic N) is 2. The van der Waals surface area contributed by atoms with Crippen LogP contribution in [0.3, 0.4) is 0 Å². The minimum Gasteiger partial charge on any atom is -0.357 e. The molecule has 0 radical (unpaired) electrons. The molecule has 7 nitrogen and oxygen atoms in total. The number of halogens is 1. The van der Waals surface area contributed by atoms with Crippen LogP contribution in [0, 0.1) is 13.8 Å². The molecule has 0 fully saturated rings. The number of benzene rings is 3. The number of rotatable bonds is 10. The first-order chi connectivity index (χ1) is 17.5. The zero-order valence-electron chi connectivity index (χ0n) is 21.4. The van der Waals surface area contributed by atoms with Crippen molar-refractivity contribution in [1.82, 2.24) is 10.2 Å². The van der Waals surface area contributed by atoms with Crippen molar-refractivity contribution < 1.29 is 18.0 Å². The van der Waals surface area contributed by atoms with Crippen LogP contribution >= 0.6 is 11.6 Å². The summed E-state index contributed by atoms with van der Waals surface area (Å²) in [5, 5.41) is 3.10. The molecule has 0 aromatic heterocycles. The van der Waals surface area contributed by atoms with E-state index < -0.39 is 28.5 Å². The highest BCUT2D eigenvalue weighted by atomic mass is 35.5. The molecule has 1 atom stereocenters. The molecule has 9 heteroatoms. The molecule has 3 rings (SSSR count). The fraction of sp³-hybridized carbons (Fsp3) is 0.286. The van der Waals surface area contributed by atoms with Crippen molar-refractivity contribution in [2.24, 2.45) is 0 Å². The second-order valence-corrected chi connectivity index (χ2v) is 11.3. The third-order valence-electron chi connectivity index (χ3n) is 6.27. The van der Waals surface area contributed by atoms with Gasteiger partial charge in [-0.15, -0.1) is 0 Å². The van der Waals surface area contributed by atoms with Crippen molar-refractivity contribution in [3.05, 3.63) is 100 Å². The predicted octanol–water partition coefficient (Wildman–Crippen LogP) is 4.11. The van der Waals surface area contributed by atoms with Crippen molar-refractivity contribution in [3.8, 4) is 0 Å². The second-order valence-electron chi connectivity index (χ2n) is 8.97. The Morgan fingerprint density at radius 2 is 1.59 bits per heavy atom. The molecule has 2 amide bonds. The molecule has 1 N–H and O–H groups in total. The van der Waals surface area contributed by atoms with Crippen LogP contribution in [-0.4, -0.2) is 51.0 Å². The summed E-state index contributed by atoms with van der Waals surface area (Å²) >= 11 is 6.41. The van der Waals surface area contributed by atoms with Crippen molar-refractivity contribution >= 4 is 39.1 Å². The van der Waals surface area contributed by atoms with Crippen LogP contribution in [0.15, 0.2) is 72.8 Å². The normalized spacial score (nSPS) is 12.0. The average Bonchev–Trinajstić information content (AvgIpc) is 2.86. The van der Waals surface area contributed by atoms with E-state index in [1.807, 2.05) is 50.2 Å². The van der Waals surface area contributed by atoms with Crippen LogP contribution in [-0.2, 0) is 32.6 Å². The number of sulfonamides is 1. The minimum atomic E-state index is -3.81. The number of aryl methyl sites for hydroxylation is 2. The highest BCUT2D eigenvalue weighted by Gasteiger charge is 2.33. The lowest BCUT2D eigenvalue weighted by atomic mass is 10.0. The quantitative estimate of drug-likeness (QED) is 0.418. The SMILES string of the molecule is CNC(=O)C(Cc1ccccc1)N(Cc1ccccc1Cl)C(=O)CN(c1ccc(C)c(C)c1)S(C)(=O)=O. The van der Waals surface area contributed by atoms with Gasteiger partial charge in [-0.25, -0.2) is 8.42 Å². The lowest BCUT2D eigenvalue weighted by molar-refractivity contribution is -0.139. The van der Waals surface area contributed by atoms with Crippen LogP contribution in [0.25, 0.3) is 0 Å². The largest absolute Gasteiger partial charge is 0.357 e. The van der Waals surface area contributed by atoms with Crippen molar-refractivity contribution in [3.63, 3.8) is 0 Å². The Bertz CT molecular complexity index is 1360. The van der Waals surface area contributed by atoms with E-state index >= 15 is 0 Å². The molecular weight excluding hydrogens is 510 g/mol. The average molecular weight is 542 g/mol. The van der Waals surface area contributed by atoms with E-state index in [1.54, 1.807) is 36.4 Å². The number of carbonyl (C=O) groups is 2. The highest BCUT2D eigenvalue weighted by molar-refractivity contribution is 7.92. The summed E-state index contributed by atoms with van der Waals surface area (Å²) in [5.41, 5.74) is 3.81. The molecule has 0 saturated heterocycles. The number of anilines is 1. The molecule has 0 aliphatic carbocycles. The first-order valence-electron chi connectivity index (χ1n) is 11.8. The zero-order chi connectivity index (χ0) is 27.2. The standard InChI is InChI=1S/C28H32ClN3O4S/c1-20-14-15-24(16-21(20)2)32(37(4,35)36)19-27(33)31(18-23-12-8-9-13-25(23)29)26(28(34)30-3)17-22-10-6-5-7-11-22/h5-16,26H,17-19H2,1-4H3,(H,30,34). The number of nitrogens with one attached hydrogen (secondary N) is 1. The maximum Gasteiger partial charge on any atom is 0.244 e. The van der Waals surface area contributed by atoms with E-state index in [2.05, 4.69) is 5.32 Å². The van der Waals surface area contributed by atoms with Gasteiger partial charge in [-0.3, -0.25) is 13.9 Å². The maximum atomic E-state index is 13.9. The molecule has 0 bridgehead atoms. The minimum absolute atomic E-state index is 0.0357. The summed E-state index contributed by atoms with van der Waals surface area (Å²) < 4.78 is 26.7. The molecule has 3 aromatic rings. The first-order valence-corrected chi connectivity index (χ1v) is 14.1. The Morgan fingerprint density at radius 1 is 0.946 bits per heavy atom. The Hall–Kier alpha value is -3.36. The van der Waals surface area contributed by atoms with Gasteiger partial charge in [0.15, 0.2) is 0 Å². The fourth-order valence-corrected chi connectivity index (χ4v) is 5.06. The van der Waals surface area contributed by atoms with Crippen molar-refractivity contribution in [2.45, 2.75) is 32.9 Å². The van der Waals surface area contributed by atoms with Gasteiger partial charge in [-0.2, -0.15) is 0 Å². The van der Waals surface area contributed by atoms with Crippen LogP contribution < -0.4 is 9.62 Å². The van der Waals surface area contributed by atoms with E-state index in [0.29, 0.717) is 16.3 Å². The highest BCUT2D eigenvalue weighted by Crippen LogP contribution is 2.24. The predicted molar refractivity (Wildman–Crippen MR) is 148 cm³/mol. The van der Waals surface area contributed by atoms with Crippen molar-refractivity contribution in [1.29, 1.82) is 0 Å². The van der Waals surface area contributed by atoms with Gasteiger partial charge in [0.2, 0.25) is 21.8 Å². The lowest BCUT2D eigenvalue weighted by Gasteiger charge is -2.33. The van der Waals surface area contributed by atoms with E-state index in [-0.39, 0.29) is 18.9 Å². The van der Waals surface area contributed by atoms with Gasteiger partial charge in [0.05, 0.1) is 11.9 Å². The molecule has 196 valence electrons. The third-order valence-corrected chi connectivity index (χ3v) is 7.78. The van der Waals surface area contributed by atoms with Gasteiger partial charge in [0, 0.05) is 25.0 Å². The number of carbonyl (C=O) groups excluding carboxylic acids is 2. The molecule has 1 unspecified atom stereocenters. The molecule has 0 heterocycles. The van der Waals surface area contributed by atoms with E-state index in [4.69, 9.17) is 11.6 Å². The summed E-state index contributed by atoms with van der Waals surface area (Å²) in [7, 11) is -2.30.